The molecule has 136 valence electrons. The lowest BCUT2D eigenvalue weighted by molar-refractivity contribution is -0.141. The first-order chi connectivity index (χ1) is 12.3. The Hall–Kier alpha value is -2.97. The zero-order valence-electron chi connectivity index (χ0n) is 13.6. The van der Waals surface area contributed by atoms with Crippen LogP contribution in [0.5, 0.6) is 0 Å². The number of rotatable bonds is 3. The van der Waals surface area contributed by atoms with Crippen LogP contribution in [-0.2, 0) is 22.2 Å². The van der Waals surface area contributed by atoms with Crippen LogP contribution in [0.2, 0.25) is 0 Å². The number of aromatic nitrogens is 2. The molecule has 0 bridgehead atoms. The van der Waals surface area contributed by atoms with Crippen molar-refractivity contribution in [2.24, 2.45) is 0 Å². The van der Waals surface area contributed by atoms with Crippen molar-refractivity contribution in [2.45, 2.75) is 12.6 Å². The molecule has 0 aromatic carbocycles. The van der Waals surface area contributed by atoms with Crippen LogP contribution >= 0.6 is 0 Å². The van der Waals surface area contributed by atoms with E-state index in [0.717, 1.165) is 17.8 Å². The molecular formula is C17H15F3N4O2. The first kappa shape index (κ1) is 17.8. The minimum absolute atomic E-state index is 0.120. The lowest BCUT2D eigenvalue weighted by atomic mass is 10.1. The fourth-order valence-electron chi connectivity index (χ4n) is 2.69. The van der Waals surface area contributed by atoms with Crippen LogP contribution in [0, 0.1) is 0 Å². The molecule has 9 heteroatoms. The summed E-state index contributed by atoms with van der Waals surface area (Å²) in [7, 11) is 0. The largest absolute Gasteiger partial charge is 0.433 e. The summed E-state index contributed by atoms with van der Waals surface area (Å²) < 4.78 is 38.3. The number of hydrogen-bond acceptors (Lipinski definition) is 4. The van der Waals surface area contributed by atoms with Crippen molar-refractivity contribution in [3.63, 3.8) is 0 Å². The Labute approximate surface area is 147 Å². The quantitative estimate of drug-likeness (QED) is 0.835. The van der Waals surface area contributed by atoms with Crippen molar-refractivity contribution in [3.05, 3.63) is 54.1 Å². The predicted octanol–water partition coefficient (Wildman–Crippen LogP) is 1.91. The average Bonchev–Trinajstić information content (AvgIpc) is 2.62. The smallest absolute Gasteiger partial charge is 0.331 e. The van der Waals surface area contributed by atoms with Crippen LogP contribution in [-0.4, -0.2) is 46.3 Å². The summed E-state index contributed by atoms with van der Waals surface area (Å²) in [6.07, 6.45) is -0.271. The molecule has 2 amide bonds. The summed E-state index contributed by atoms with van der Waals surface area (Å²) in [6, 6.07) is 5.66. The number of piperazine rings is 1. The van der Waals surface area contributed by atoms with Crippen LogP contribution in [0.25, 0.3) is 0 Å². The number of carbonyl (C=O) groups excluding carboxylic acids is 2. The van der Waals surface area contributed by atoms with Crippen molar-refractivity contribution in [1.29, 1.82) is 0 Å². The molecule has 3 rings (SSSR count). The first-order valence-electron chi connectivity index (χ1n) is 7.85. The highest BCUT2D eigenvalue weighted by Gasteiger charge is 2.34. The standard InChI is InChI=1S/C17H15F3N4O2/c18-17(19,20)14-9-13(3-5-22-14)24-7-6-23(11-16(24)26)15(25)8-12-2-1-4-21-10-12/h1-5,9-10H,6-8,11H2. The molecule has 0 saturated carbocycles. The SMILES string of the molecule is O=C(Cc1cccnc1)N1CCN(c2ccnc(C(F)(F)F)c2)C(=O)C1. The van der Waals surface area contributed by atoms with Crippen LogP contribution in [0.1, 0.15) is 11.3 Å². The van der Waals surface area contributed by atoms with Crippen LogP contribution in [0.4, 0.5) is 18.9 Å². The van der Waals surface area contributed by atoms with Crippen molar-refractivity contribution in [1.82, 2.24) is 14.9 Å². The minimum Gasteiger partial charge on any atom is -0.331 e. The molecule has 3 heterocycles. The van der Waals surface area contributed by atoms with E-state index < -0.39 is 17.8 Å². The number of amides is 2. The van der Waals surface area contributed by atoms with E-state index in [1.54, 1.807) is 24.5 Å². The molecule has 0 aliphatic carbocycles. The van der Waals surface area contributed by atoms with E-state index >= 15 is 0 Å². The van der Waals surface area contributed by atoms with Crippen molar-refractivity contribution < 1.29 is 22.8 Å². The topological polar surface area (TPSA) is 66.4 Å². The maximum absolute atomic E-state index is 12.8. The Morgan fingerprint density at radius 1 is 1.19 bits per heavy atom. The van der Waals surface area contributed by atoms with Crippen LogP contribution < -0.4 is 4.90 Å². The van der Waals surface area contributed by atoms with Gasteiger partial charge in [-0.2, -0.15) is 13.2 Å². The number of alkyl halides is 3. The zero-order chi connectivity index (χ0) is 18.7. The highest BCUT2D eigenvalue weighted by atomic mass is 19.4. The summed E-state index contributed by atoms with van der Waals surface area (Å²) in [5, 5.41) is 0. The van der Waals surface area contributed by atoms with Crippen molar-refractivity contribution >= 4 is 17.5 Å². The Bertz CT molecular complexity index is 811. The van der Waals surface area contributed by atoms with Gasteiger partial charge in [-0.05, 0) is 23.8 Å². The van der Waals surface area contributed by atoms with Gasteiger partial charge in [0, 0.05) is 37.4 Å². The molecule has 1 aliphatic rings. The summed E-state index contributed by atoms with van der Waals surface area (Å²) >= 11 is 0. The second-order valence-electron chi connectivity index (χ2n) is 5.80. The molecule has 1 fully saturated rings. The third-order valence-corrected chi connectivity index (χ3v) is 4.00. The molecule has 1 saturated heterocycles. The molecule has 2 aromatic rings. The van der Waals surface area contributed by atoms with E-state index in [1.807, 2.05) is 0 Å². The van der Waals surface area contributed by atoms with Gasteiger partial charge in [0.2, 0.25) is 11.8 Å². The maximum Gasteiger partial charge on any atom is 0.433 e. The number of anilines is 1. The molecule has 26 heavy (non-hydrogen) atoms. The average molecular weight is 364 g/mol. The molecule has 6 nitrogen and oxygen atoms in total. The Kier molecular flexibility index (Phi) is 4.88. The second kappa shape index (κ2) is 7.11. The molecule has 0 N–H and O–H groups in total. The van der Waals surface area contributed by atoms with Crippen LogP contribution in [0.15, 0.2) is 42.9 Å². The number of pyridine rings is 2. The molecule has 0 unspecified atom stereocenters. The number of halogens is 3. The third-order valence-electron chi connectivity index (χ3n) is 4.00. The molecule has 0 atom stereocenters. The number of carbonyl (C=O) groups is 2. The van der Waals surface area contributed by atoms with E-state index in [-0.39, 0.29) is 37.6 Å². The maximum atomic E-state index is 12.8. The lowest BCUT2D eigenvalue weighted by Crippen LogP contribution is -2.52. The van der Waals surface area contributed by atoms with E-state index in [4.69, 9.17) is 0 Å². The Morgan fingerprint density at radius 3 is 2.65 bits per heavy atom. The lowest BCUT2D eigenvalue weighted by Gasteiger charge is -2.34. The Morgan fingerprint density at radius 2 is 2.00 bits per heavy atom. The van der Waals surface area contributed by atoms with Crippen molar-refractivity contribution in [3.8, 4) is 0 Å². The normalized spacial score (nSPS) is 15.3. The predicted molar refractivity (Wildman–Crippen MR) is 86.1 cm³/mol. The fourth-order valence-corrected chi connectivity index (χ4v) is 2.69. The summed E-state index contributed by atoms with van der Waals surface area (Å²) in [6.45, 7) is 0.191. The highest BCUT2D eigenvalue weighted by Crippen LogP contribution is 2.30. The molecule has 2 aromatic heterocycles. The number of nitrogens with zero attached hydrogens (tertiary/aromatic N) is 4. The number of hydrogen-bond donors (Lipinski definition) is 0. The van der Waals surface area contributed by atoms with Crippen molar-refractivity contribution in [2.75, 3.05) is 24.5 Å². The third kappa shape index (κ3) is 3.98. The summed E-state index contributed by atoms with van der Waals surface area (Å²) in [5.74, 6) is -0.660. The summed E-state index contributed by atoms with van der Waals surface area (Å²) in [5.41, 5.74) is -0.203. The van der Waals surface area contributed by atoms with E-state index in [9.17, 15) is 22.8 Å². The Balaban J connectivity index is 1.67. The first-order valence-corrected chi connectivity index (χ1v) is 7.85. The fraction of sp³-hybridized carbons (Fsp3) is 0.294. The van der Waals surface area contributed by atoms with Crippen LogP contribution in [0.3, 0.4) is 0 Å². The highest BCUT2D eigenvalue weighted by molar-refractivity contribution is 5.98. The van der Waals surface area contributed by atoms with Gasteiger partial charge in [-0.1, -0.05) is 6.07 Å². The van der Waals surface area contributed by atoms with Gasteiger partial charge in [-0.3, -0.25) is 19.6 Å². The summed E-state index contributed by atoms with van der Waals surface area (Å²) in [4.78, 5) is 34.5. The van der Waals surface area contributed by atoms with Gasteiger partial charge in [0.15, 0.2) is 0 Å². The monoisotopic (exact) mass is 364 g/mol. The molecule has 0 radical (unpaired) electrons. The van der Waals surface area contributed by atoms with Gasteiger partial charge < -0.3 is 9.80 Å². The van der Waals surface area contributed by atoms with E-state index in [0.29, 0.717) is 0 Å². The van der Waals surface area contributed by atoms with Gasteiger partial charge in [0.25, 0.3) is 0 Å². The molecule has 1 aliphatic heterocycles. The van der Waals surface area contributed by atoms with Gasteiger partial charge in [-0.25, -0.2) is 0 Å². The molecule has 0 spiro atoms. The van der Waals surface area contributed by atoms with E-state index in [1.165, 1.54) is 15.9 Å². The van der Waals surface area contributed by atoms with Gasteiger partial charge in [0.05, 0.1) is 6.42 Å². The minimum atomic E-state index is -4.58. The second-order valence-corrected chi connectivity index (χ2v) is 5.80. The van der Waals surface area contributed by atoms with Gasteiger partial charge in [-0.15, -0.1) is 0 Å². The van der Waals surface area contributed by atoms with E-state index in [2.05, 4.69) is 9.97 Å². The van der Waals surface area contributed by atoms with Gasteiger partial charge in [0.1, 0.15) is 12.2 Å². The zero-order valence-corrected chi connectivity index (χ0v) is 13.6. The molecular weight excluding hydrogens is 349 g/mol. The van der Waals surface area contributed by atoms with Gasteiger partial charge >= 0.3 is 6.18 Å².